The van der Waals surface area contributed by atoms with E-state index in [1.165, 1.54) is 0 Å². The topological polar surface area (TPSA) is 114 Å². The maximum absolute atomic E-state index is 11.7. The fourth-order valence-electron chi connectivity index (χ4n) is 3.18. The number of anilines is 5. The SMILES string of the molecule is CC(C)n1ncc2ccc(Nc3ncc(Br)c(Nc4ccccc4NS(C)(=O)=O)n3)cc21. The summed E-state index contributed by atoms with van der Waals surface area (Å²) in [5, 5.41) is 11.9. The Bertz CT molecular complexity index is 1390. The van der Waals surface area contributed by atoms with Crippen LogP contribution in [0.2, 0.25) is 0 Å². The minimum Gasteiger partial charge on any atom is -0.337 e. The third kappa shape index (κ3) is 5.00. The Balaban J connectivity index is 1.62. The van der Waals surface area contributed by atoms with Gasteiger partial charge < -0.3 is 10.6 Å². The Morgan fingerprint density at radius 1 is 1.03 bits per heavy atom. The second kappa shape index (κ2) is 8.75. The molecule has 0 amide bonds. The third-order valence-corrected chi connectivity index (χ3v) is 5.73. The number of hydrogen-bond donors (Lipinski definition) is 3. The number of fused-ring (bicyclic) bond motifs is 1. The highest BCUT2D eigenvalue weighted by atomic mass is 79.9. The normalized spacial score (nSPS) is 11.7. The van der Waals surface area contributed by atoms with Crippen molar-refractivity contribution in [2.24, 2.45) is 0 Å². The Labute approximate surface area is 194 Å². The number of halogens is 1. The van der Waals surface area contributed by atoms with Crippen molar-refractivity contribution in [3.8, 4) is 0 Å². The van der Waals surface area contributed by atoms with Gasteiger partial charge in [0, 0.05) is 23.3 Å². The van der Waals surface area contributed by atoms with Crippen LogP contribution in [0.15, 0.2) is 59.3 Å². The molecule has 11 heteroatoms. The Hall–Kier alpha value is -3.18. The van der Waals surface area contributed by atoms with Crippen molar-refractivity contribution in [2.45, 2.75) is 19.9 Å². The molecule has 2 aromatic carbocycles. The van der Waals surface area contributed by atoms with Crippen molar-refractivity contribution >= 4 is 65.7 Å². The molecule has 32 heavy (non-hydrogen) atoms. The molecule has 3 N–H and O–H groups in total. The summed E-state index contributed by atoms with van der Waals surface area (Å²) < 4.78 is 28.4. The number of aromatic nitrogens is 4. The standard InChI is InChI=1S/C21H22BrN7O2S/c1-13(2)29-19-10-15(9-8-14(19)11-24-29)25-21-23-12-16(22)20(27-21)26-17-6-4-5-7-18(17)28-32(3,30)31/h4-13,28H,1-3H3,(H2,23,25,26,27). The van der Waals surface area contributed by atoms with Gasteiger partial charge in [-0.3, -0.25) is 9.40 Å². The molecule has 0 atom stereocenters. The second-order valence-electron chi connectivity index (χ2n) is 7.52. The van der Waals surface area contributed by atoms with Crippen molar-refractivity contribution in [1.82, 2.24) is 19.7 Å². The third-order valence-electron chi connectivity index (χ3n) is 4.56. The van der Waals surface area contributed by atoms with Crippen molar-refractivity contribution in [2.75, 3.05) is 21.6 Å². The van der Waals surface area contributed by atoms with Crippen LogP contribution in [0, 0.1) is 0 Å². The smallest absolute Gasteiger partial charge is 0.229 e. The van der Waals surface area contributed by atoms with E-state index in [0.29, 0.717) is 27.6 Å². The minimum absolute atomic E-state index is 0.239. The van der Waals surface area contributed by atoms with Gasteiger partial charge in [0.2, 0.25) is 16.0 Å². The molecule has 4 rings (SSSR count). The average molecular weight is 516 g/mol. The first-order valence-corrected chi connectivity index (χ1v) is 12.5. The van der Waals surface area contributed by atoms with Gasteiger partial charge >= 0.3 is 0 Å². The van der Waals surface area contributed by atoms with E-state index < -0.39 is 10.0 Å². The molecule has 0 aliphatic rings. The van der Waals surface area contributed by atoms with E-state index in [2.05, 4.69) is 60.2 Å². The Kier molecular flexibility index (Phi) is 6.02. The van der Waals surface area contributed by atoms with Gasteiger partial charge in [0.15, 0.2) is 0 Å². The highest BCUT2D eigenvalue weighted by Gasteiger charge is 2.12. The first-order chi connectivity index (χ1) is 15.2. The lowest BCUT2D eigenvalue weighted by Gasteiger charge is -2.14. The summed E-state index contributed by atoms with van der Waals surface area (Å²) in [6, 6.07) is 13.2. The highest BCUT2D eigenvalue weighted by Crippen LogP contribution is 2.30. The minimum atomic E-state index is -3.43. The Morgan fingerprint density at radius 3 is 2.50 bits per heavy atom. The monoisotopic (exact) mass is 515 g/mol. The number of benzene rings is 2. The summed E-state index contributed by atoms with van der Waals surface area (Å²) in [6.07, 6.45) is 4.58. The van der Waals surface area contributed by atoms with Crippen molar-refractivity contribution in [3.05, 3.63) is 59.3 Å². The number of rotatable bonds is 7. The predicted octanol–water partition coefficient (Wildman–Crippen LogP) is 5.03. The molecule has 0 spiro atoms. The summed E-state index contributed by atoms with van der Waals surface area (Å²) in [7, 11) is -3.43. The summed E-state index contributed by atoms with van der Waals surface area (Å²) in [5.74, 6) is 0.873. The van der Waals surface area contributed by atoms with Crippen LogP contribution >= 0.6 is 15.9 Å². The maximum atomic E-state index is 11.7. The molecular weight excluding hydrogens is 494 g/mol. The van der Waals surface area contributed by atoms with E-state index in [0.717, 1.165) is 22.8 Å². The lowest BCUT2D eigenvalue weighted by Crippen LogP contribution is -2.11. The summed E-state index contributed by atoms with van der Waals surface area (Å²) in [5.41, 5.74) is 2.82. The van der Waals surface area contributed by atoms with Crippen LogP contribution in [0.4, 0.5) is 28.8 Å². The van der Waals surface area contributed by atoms with E-state index in [-0.39, 0.29) is 6.04 Å². The van der Waals surface area contributed by atoms with Crippen LogP contribution in [0.3, 0.4) is 0 Å². The van der Waals surface area contributed by atoms with Crippen LogP contribution < -0.4 is 15.4 Å². The van der Waals surface area contributed by atoms with Crippen LogP contribution in [0.5, 0.6) is 0 Å². The van der Waals surface area contributed by atoms with Gasteiger partial charge in [-0.2, -0.15) is 10.1 Å². The molecule has 0 bridgehead atoms. The molecule has 0 aliphatic heterocycles. The van der Waals surface area contributed by atoms with Crippen LogP contribution in [-0.4, -0.2) is 34.4 Å². The van der Waals surface area contributed by atoms with Gasteiger partial charge in [0.25, 0.3) is 0 Å². The fourth-order valence-corrected chi connectivity index (χ4v) is 4.05. The molecule has 4 aromatic rings. The van der Waals surface area contributed by atoms with E-state index >= 15 is 0 Å². The number of hydrogen-bond acceptors (Lipinski definition) is 7. The van der Waals surface area contributed by atoms with Crippen LogP contribution in [0.1, 0.15) is 19.9 Å². The van der Waals surface area contributed by atoms with E-state index in [1.54, 1.807) is 30.5 Å². The molecule has 2 heterocycles. The number of nitrogens with one attached hydrogen (secondary N) is 3. The predicted molar refractivity (Wildman–Crippen MR) is 131 cm³/mol. The molecular formula is C21H22BrN7O2S. The highest BCUT2D eigenvalue weighted by molar-refractivity contribution is 9.10. The second-order valence-corrected chi connectivity index (χ2v) is 10.1. The molecule has 9 nitrogen and oxygen atoms in total. The van der Waals surface area contributed by atoms with E-state index in [1.807, 2.05) is 29.1 Å². The molecule has 0 saturated carbocycles. The van der Waals surface area contributed by atoms with Crippen molar-refractivity contribution in [3.63, 3.8) is 0 Å². The van der Waals surface area contributed by atoms with Gasteiger partial charge in [0.05, 0.1) is 33.8 Å². The summed E-state index contributed by atoms with van der Waals surface area (Å²) >= 11 is 3.45. The zero-order chi connectivity index (χ0) is 22.9. The fraction of sp³-hybridized carbons (Fsp3) is 0.190. The zero-order valence-electron chi connectivity index (χ0n) is 17.7. The van der Waals surface area contributed by atoms with E-state index in [4.69, 9.17) is 0 Å². The number of nitrogens with zero attached hydrogens (tertiary/aromatic N) is 4. The van der Waals surface area contributed by atoms with Crippen molar-refractivity contribution < 1.29 is 8.42 Å². The molecule has 0 unspecified atom stereocenters. The van der Waals surface area contributed by atoms with Crippen LogP contribution in [-0.2, 0) is 10.0 Å². The number of sulfonamides is 1. The average Bonchev–Trinajstić information content (AvgIpc) is 3.14. The first kappa shape index (κ1) is 22.0. The Morgan fingerprint density at radius 2 is 1.78 bits per heavy atom. The van der Waals surface area contributed by atoms with Crippen LogP contribution in [0.25, 0.3) is 10.9 Å². The quantitative estimate of drug-likeness (QED) is 0.316. The molecule has 0 saturated heterocycles. The lowest BCUT2D eigenvalue weighted by atomic mass is 10.2. The number of para-hydroxylation sites is 2. The lowest BCUT2D eigenvalue weighted by molar-refractivity contribution is 0.551. The van der Waals surface area contributed by atoms with Gasteiger partial charge in [-0.15, -0.1) is 0 Å². The molecule has 0 fully saturated rings. The van der Waals surface area contributed by atoms with E-state index in [9.17, 15) is 8.42 Å². The van der Waals surface area contributed by atoms with Gasteiger partial charge in [-0.05, 0) is 60.1 Å². The molecule has 166 valence electrons. The summed E-state index contributed by atoms with van der Waals surface area (Å²) in [4.78, 5) is 8.89. The maximum Gasteiger partial charge on any atom is 0.229 e. The molecule has 0 radical (unpaired) electrons. The molecule has 0 aliphatic carbocycles. The summed E-state index contributed by atoms with van der Waals surface area (Å²) in [6.45, 7) is 4.16. The van der Waals surface area contributed by atoms with Gasteiger partial charge in [-0.25, -0.2) is 13.4 Å². The van der Waals surface area contributed by atoms with Gasteiger partial charge in [0.1, 0.15) is 5.82 Å². The first-order valence-electron chi connectivity index (χ1n) is 9.80. The van der Waals surface area contributed by atoms with Gasteiger partial charge in [-0.1, -0.05) is 12.1 Å². The largest absolute Gasteiger partial charge is 0.337 e. The zero-order valence-corrected chi connectivity index (χ0v) is 20.1. The van der Waals surface area contributed by atoms with Crippen molar-refractivity contribution in [1.29, 1.82) is 0 Å². The molecule has 2 aromatic heterocycles.